The molecule has 1 aliphatic heterocycles. The molecule has 30 heavy (non-hydrogen) atoms. The van der Waals surface area contributed by atoms with E-state index in [0.29, 0.717) is 63.2 Å². The van der Waals surface area contributed by atoms with E-state index in [0.717, 1.165) is 12.0 Å². The lowest BCUT2D eigenvalue weighted by Crippen LogP contribution is -2.51. The Morgan fingerprint density at radius 2 is 1.90 bits per heavy atom. The molecule has 1 aliphatic rings. The summed E-state index contributed by atoms with van der Waals surface area (Å²) in [5.74, 6) is 1.26. The number of rotatable bonds is 9. The van der Waals surface area contributed by atoms with Crippen molar-refractivity contribution in [2.24, 2.45) is 0 Å². The van der Waals surface area contributed by atoms with Gasteiger partial charge < -0.3 is 19.4 Å². The number of methoxy groups -OCH3 is 1. The number of oxazole rings is 1. The largest absolute Gasteiger partial charge is 0.441 e. The average Bonchev–Trinajstić information content (AvgIpc) is 3.12. The van der Waals surface area contributed by atoms with E-state index >= 15 is 0 Å². The summed E-state index contributed by atoms with van der Waals surface area (Å²) in [5.41, 5.74) is 1.57. The summed E-state index contributed by atoms with van der Waals surface area (Å²) in [5, 5.41) is 2.89. The van der Waals surface area contributed by atoms with Gasteiger partial charge in [-0.1, -0.05) is 18.2 Å². The van der Waals surface area contributed by atoms with E-state index < -0.39 is 0 Å². The van der Waals surface area contributed by atoms with Gasteiger partial charge in [-0.15, -0.1) is 0 Å². The van der Waals surface area contributed by atoms with Crippen molar-refractivity contribution in [3.63, 3.8) is 0 Å². The molecule has 0 bridgehead atoms. The van der Waals surface area contributed by atoms with Gasteiger partial charge in [0.2, 0.25) is 17.7 Å². The van der Waals surface area contributed by atoms with Crippen LogP contribution >= 0.6 is 0 Å². The number of ether oxygens (including phenoxy) is 1. The van der Waals surface area contributed by atoms with E-state index in [1.54, 1.807) is 7.11 Å². The van der Waals surface area contributed by atoms with Crippen molar-refractivity contribution in [2.75, 3.05) is 53.0 Å². The third kappa shape index (κ3) is 6.14. The molecule has 1 aromatic heterocycles. The van der Waals surface area contributed by atoms with E-state index in [1.807, 2.05) is 42.2 Å². The van der Waals surface area contributed by atoms with Gasteiger partial charge in [-0.3, -0.25) is 14.5 Å². The summed E-state index contributed by atoms with van der Waals surface area (Å²) in [6, 6.07) is 9.67. The molecule has 1 fully saturated rings. The summed E-state index contributed by atoms with van der Waals surface area (Å²) < 4.78 is 10.7. The third-order valence-electron chi connectivity index (χ3n) is 5.17. The fraction of sp³-hybridized carbons (Fsp3) is 0.500. The number of aromatic nitrogens is 1. The van der Waals surface area contributed by atoms with Crippen LogP contribution in [0, 0.1) is 6.92 Å². The highest BCUT2D eigenvalue weighted by molar-refractivity contribution is 5.79. The maximum absolute atomic E-state index is 12.7. The number of amides is 2. The Bertz CT molecular complexity index is 829. The molecule has 8 nitrogen and oxygen atoms in total. The maximum Gasteiger partial charge on any atom is 0.234 e. The first-order valence-corrected chi connectivity index (χ1v) is 10.3. The number of benzene rings is 1. The molecule has 2 aromatic rings. The first kappa shape index (κ1) is 22.0. The second-order valence-electron chi connectivity index (χ2n) is 7.42. The van der Waals surface area contributed by atoms with Crippen molar-refractivity contribution in [2.45, 2.75) is 19.8 Å². The Hall–Kier alpha value is -2.71. The van der Waals surface area contributed by atoms with Crippen LogP contribution in [-0.4, -0.2) is 79.6 Å². The standard InChI is InChI=1S/C22H30N4O4/c1-17-19(24-22(30-17)18-7-4-3-5-8-18)15-21(28)26-12-10-25(11-13-26)16-20(27)23-9-6-14-29-2/h3-5,7-8H,6,9-16H2,1-2H3,(H,23,27). The number of nitrogens with one attached hydrogen (secondary N) is 1. The molecule has 0 unspecified atom stereocenters. The summed E-state index contributed by atoms with van der Waals surface area (Å²) in [4.78, 5) is 33.2. The highest BCUT2D eigenvalue weighted by atomic mass is 16.5. The van der Waals surface area contributed by atoms with Gasteiger partial charge in [-0.2, -0.15) is 0 Å². The molecule has 2 amide bonds. The fourth-order valence-electron chi connectivity index (χ4n) is 3.41. The molecule has 0 saturated carbocycles. The highest BCUT2D eigenvalue weighted by Crippen LogP contribution is 2.22. The van der Waals surface area contributed by atoms with Gasteiger partial charge in [-0.25, -0.2) is 4.98 Å². The van der Waals surface area contributed by atoms with Crippen LogP contribution < -0.4 is 5.32 Å². The minimum absolute atomic E-state index is 0.0116. The number of piperazine rings is 1. The van der Waals surface area contributed by atoms with Crippen LogP contribution in [0.4, 0.5) is 0 Å². The lowest BCUT2D eigenvalue weighted by atomic mass is 10.2. The van der Waals surface area contributed by atoms with E-state index in [2.05, 4.69) is 15.2 Å². The zero-order valence-corrected chi connectivity index (χ0v) is 17.7. The van der Waals surface area contributed by atoms with Gasteiger partial charge in [0.15, 0.2) is 0 Å². The molecule has 8 heteroatoms. The van der Waals surface area contributed by atoms with Gasteiger partial charge in [0, 0.05) is 52.0 Å². The molecule has 1 aromatic carbocycles. The van der Waals surface area contributed by atoms with Crippen LogP contribution in [0.1, 0.15) is 17.9 Å². The number of hydrogen-bond donors (Lipinski definition) is 1. The van der Waals surface area contributed by atoms with Crippen LogP contribution in [0.5, 0.6) is 0 Å². The topological polar surface area (TPSA) is 87.9 Å². The van der Waals surface area contributed by atoms with Gasteiger partial charge in [0.1, 0.15) is 5.76 Å². The summed E-state index contributed by atoms with van der Waals surface area (Å²) in [6.45, 7) is 6.04. The number of nitrogens with zero attached hydrogens (tertiary/aromatic N) is 3. The van der Waals surface area contributed by atoms with Gasteiger partial charge in [0.25, 0.3) is 0 Å². The van der Waals surface area contributed by atoms with Gasteiger partial charge in [0.05, 0.1) is 18.7 Å². The Labute approximate surface area is 177 Å². The zero-order valence-electron chi connectivity index (χ0n) is 17.7. The predicted octanol–water partition coefficient (Wildman–Crippen LogP) is 1.49. The summed E-state index contributed by atoms with van der Waals surface area (Å²) in [6.07, 6.45) is 1.03. The number of carbonyl (C=O) groups excluding carboxylic acids is 2. The predicted molar refractivity (Wildman–Crippen MR) is 113 cm³/mol. The Morgan fingerprint density at radius 1 is 1.17 bits per heavy atom. The van der Waals surface area contributed by atoms with Crippen LogP contribution in [0.25, 0.3) is 11.5 Å². The Kier molecular flexibility index (Phi) is 7.98. The minimum atomic E-state index is 0.0116. The van der Waals surface area contributed by atoms with Crippen LogP contribution in [0.15, 0.2) is 34.7 Å². The van der Waals surface area contributed by atoms with Crippen molar-refractivity contribution >= 4 is 11.8 Å². The molecule has 0 spiro atoms. The molecule has 162 valence electrons. The van der Waals surface area contributed by atoms with Crippen LogP contribution in [0.2, 0.25) is 0 Å². The molecule has 0 radical (unpaired) electrons. The number of hydrogen-bond acceptors (Lipinski definition) is 6. The second kappa shape index (κ2) is 10.9. The first-order valence-electron chi connectivity index (χ1n) is 10.3. The van der Waals surface area contributed by atoms with Crippen LogP contribution in [-0.2, 0) is 20.7 Å². The highest BCUT2D eigenvalue weighted by Gasteiger charge is 2.24. The molecule has 3 rings (SSSR count). The SMILES string of the molecule is COCCCNC(=O)CN1CCN(C(=O)Cc2nc(-c3ccccc3)oc2C)CC1. The summed E-state index contributed by atoms with van der Waals surface area (Å²) in [7, 11) is 1.65. The number of aryl methyl sites for hydroxylation is 1. The molecular formula is C22H30N4O4. The molecule has 1 N–H and O–H groups in total. The molecule has 0 atom stereocenters. The van der Waals surface area contributed by atoms with E-state index in [4.69, 9.17) is 9.15 Å². The lowest BCUT2D eigenvalue weighted by Gasteiger charge is -2.34. The van der Waals surface area contributed by atoms with Crippen molar-refractivity contribution in [3.8, 4) is 11.5 Å². The van der Waals surface area contributed by atoms with Crippen LogP contribution in [0.3, 0.4) is 0 Å². The fourth-order valence-corrected chi connectivity index (χ4v) is 3.41. The number of carbonyl (C=O) groups is 2. The zero-order chi connectivity index (χ0) is 21.3. The van der Waals surface area contributed by atoms with Crippen molar-refractivity contribution in [3.05, 3.63) is 41.8 Å². The van der Waals surface area contributed by atoms with Crippen molar-refractivity contribution in [1.82, 2.24) is 20.1 Å². The summed E-state index contributed by atoms with van der Waals surface area (Å²) >= 11 is 0. The van der Waals surface area contributed by atoms with Gasteiger partial charge in [-0.05, 0) is 25.5 Å². The monoisotopic (exact) mass is 414 g/mol. The molecule has 0 aliphatic carbocycles. The second-order valence-corrected chi connectivity index (χ2v) is 7.42. The third-order valence-corrected chi connectivity index (χ3v) is 5.17. The normalized spacial score (nSPS) is 14.7. The van der Waals surface area contributed by atoms with E-state index in [-0.39, 0.29) is 18.2 Å². The van der Waals surface area contributed by atoms with Gasteiger partial charge >= 0.3 is 0 Å². The lowest BCUT2D eigenvalue weighted by molar-refractivity contribution is -0.132. The molecule has 1 saturated heterocycles. The minimum Gasteiger partial charge on any atom is -0.441 e. The average molecular weight is 415 g/mol. The van der Waals surface area contributed by atoms with Crippen molar-refractivity contribution in [1.29, 1.82) is 0 Å². The molecular weight excluding hydrogens is 384 g/mol. The van der Waals surface area contributed by atoms with E-state index in [1.165, 1.54) is 0 Å². The van der Waals surface area contributed by atoms with E-state index in [9.17, 15) is 9.59 Å². The smallest absolute Gasteiger partial charge is 0.234 e. The maximum atomic E-state index is 12.7. The quantitative estimate of drug-likeness (QED) is 0.626. The first-order chi connectivity index (χ1) is 14.6. The molecule has 2 heterocycles. The van der Waals surface area contributed by atoms with Crippen molar-refractivity contribution < 1.29 is 18.7 Å². The Morgan fingerprint density at radius 3 is 2.60 bits per heavy atom. The Balaban J connectivity index is 1.45.